The average molecular weight is 357 g/mol. The highest BCUT2D eigenvalue weighted by atomic mass is 19.4. The van der Waals surface area contributed by atoms with Crippen molar-refractivity contribution in [1.82, 2.24) is 16.1 Å². The van der Waals surface area contributed by atoms with Crippen LogP contribution in [-0.2, 0) is 14.4 Å². The number of nitrogens with one attached hydrogen (secondary N) is 3. The highest BCUT2D eigenvalue weighted by molar-refractivity contribution is 5.84. The summed E-state index contributed by atoms with van der Waals surface area (Å²) in [5.41, 5.74) is 1.20. The zero-order valence-electron chi connectivity index (χ0n) is 13.5. The SMILES string of the molecule is CC(C)C[C@H](NC(=O)C[C@H](N[C@@H](C)C(=O)NO)C(F)(F)F)C(=O)O. The van der Waals surface area contributed by atoms with Gasteiger partial charge in [-0.2, -0.15) is 13.2 Å². The molecule has 0 saturated heterocycles. The number of rotatable bonds is 9. The average Bonchev–Trinajstić information content (AvgIpc) is 2.43. The second kappa shape index (κ2) is 9.42. The number of carbonyl (C=O) groups excluding carboxylic acids is 2. The van der Waals surface area contributed by atoms with Crippen LogP contribution in [0.4, 0.5) is 13.2 Å². The fraction of sp³-hybridized carbons (Fsp3) is 0.769. The largest absolute Gasteiger partial charge is 0.480 e. The lowest BCUT2D eigenvalue weighted by Crippen LogP contribution is -2.54. The summed E-state index contributed by atoms with van der Waals surface area (Å²) in [5.74, 6) is -3.65. The summed E-state index contributed by atoms with van der Waals surface area (Å²) in [6.07, 6.45) is -5.89. The van der Waals surface area contributed by atoms with Gasteiger partial charge in [-0.25, -0.2) is 10.3 Å². The fourth-order valence-corrected chi connectivity index (χ4v) is 1.87. The van der Waals surface area contributed by atoms with Crippen LogP contribution in [0.5, 0.6) is 0 Å². The van der Waals surface area contributed by atoms with E-state index in [0.717, 1.165) is 6.92 Å². The molecule has 0 saturated carbocycles. The lowest BCUT2D eigenvalue weighted by atomic mass is 10.0. The number of carboxylic acid groups (broad SMARTS) is 1. The second-order valence-corrected chi connectivity index (χ2v) is 5.75. The monoisotopic (exact) mass is 357 g/mol. The van der Waals surface area contributed by atoms with Crippen molar-refractivity contribution in [2.24, 2.45) is 5.92 Å². The van der Waals surface area contributed by atoms with Gasteiger partial charge in [0.2, 0.25) is 5.91 Å². The van der Waals surface area contributed by atoms with Crippen LogP contribution in [0.3, 0.4) is 0 Å². The van der Waals surface area contributed by atoms with Crippen molar-refractivity contribution >= 4 is 17.8 Å². The molecule has 0 aliphatic rings. The molecule has 0 aliphatic heterocycles. The third-order valence-electron chi connectivity index (χ3n) is 3.08. The molecule has 0 unspecified atom stereocenters. The fourth-order valence-electron chi connectivity index (χ4n) is 1.87. The van der Waals surface area contributed by atoms with Crippen LogP contribution < -0.4 is 16.1 Å². The maximum Gasteiger partial charge on any atom is 0.404 e. The molecule has 2 amide bonds. The van der Waals surface area contributed by atoms with E-state index in [4.69, 9.17) is 10.3 Å². The van der Waals surface area contributed by atoms with Crippen LogP contribution >= 0.6 is 0 Å². The molecular formula is C13H22F3N3O5. The number of carbonyl (C=O) groups is 3. The molecule has 5 N–H and O–H groups in total. The Bertz CT molecular complexity index is 457. The summed E-state index contributed by atoms with van der Waals surface area (Å²) in [5, 5.41) is 21.3. The van der Waals surface area contributed by atoms with E-state index in [1.807, 2.05) is 10.6 Å². The van der Waals surface area contributed by atoms with Crippen LogP contribution in [0.15, 0.2) is 0 Å². The zero-order valence-corrected chi connectivity index (χ0v) is 13.5. The van der Waals surface area contributed by atoms with Crippen LogP contribution in [0.25, 0.3) is 0 Å². The third-order valence-corrected chi connectivity index (χ3v) is 3.08. The number of hydroxylamine groups is 1. The van der Waals surface area contributed by atoms with Crippen LogP contribution in [0.2, 0.25) is 0 Å². The van der Waals surface area contributed by atoms with Gasteiger partial charge in [0, 0.05) is 0 Å². The number of hydrogen-bond donors (Lipinski definition) is 5. The first-order valence-electron chi connectivity index (χ1n) is 7.17. The summed E-state index contributed by atoms with van der Waals surface area (Å²) in [6.45, 7) is 4.48. The summed E-state index contributed by atoms with van der Waals surface area (Å²) < 4.78 is 38.9. The van der Waals surface area contributed by atoms with Gasteiger partial charge in [-0.15, -0.1) is 0 Å². The minimum atomic E-state index is -4.85. The normalized spacial score (nSPS) is 15.5. The molecule has 140 valence electrons. The molecule has 3 atom stereocenters. The molecule has 0 rings (SSSR count). The molecule has 0 radical (unpaired) electrons. The quantitative estimate of drug-likeness (QED) is 0.300. The van der Waals surface area contributed by atoms with E-state index in [1.165, 1.54) is 5.48 Å². The first-order chi connectivity index (χ1) is 10.9. The molecule has 0 heterocycles. The van der Waals surface area contributed by atoms with Gasteiger partial charge in [-0.1, -0.05) is 13.8 Å². The summed E-state index contributed by atoms with van der Waals surface area (Å²) in [6, 6.07) is -5.09. The summed E-state index contributed by atoms with van der Waals surface area (Å²) in [4.78, 5) is 33.9. The first kappa shape index (κ1) is 22.1. The Labute approximate surface area is 136 Å². The van der Waals surface area contributed by atoms with Gasteiger partial charge in [0.1, 0.15) is 12.1 Å². The highest BCUT2D eigenvalue weighted by Gasteiger charge is 2.42. The maximum atomic E-state index is 13.0. The van der Waals surface area contributed by atoms with Gasteiger partial charge < -0.3 is 10.4 Å². The van der Waals surface area contributed by atoms with Crippen LogP contribution in [0.1, 0.15) is 33.6 Å². The van der Waals surface area contributed by atoms with Crippen molar-refractivity contribution in [3.63, 3.8) is 0 Å². The van der Waals surface area contributed by atoms with E-state index in [0.29, 0.717) is 0 Å². The lowest BCUT2D eigenvalue weighted by Gasteiger charge is -2.25. The third kappa shape index (κ3) is 8.11. The van der Waals surface area contributed by atoms with E-state index >= 15 is 0 Å². The lowest BCUT2D eigenvalue weighted by molar-refractivity contribution is -0.165. The molecule has 0 aromatic carbocycles. The van der Waals surface area contributed by atoms with Crippen molar-refractivity contribution in [2.45, 2.75) is 57.9 Å². The van der Waals surface area contributed by atoms with E-state index < -0.39 is 48.5 Å². The number of carboxylic acids is 1. The number of alkyl halides is 3. The molecule has 0 aromatic heterocycles. The molecule has 11 heteroatoms. The molecule has 24 heavy (non-hydrogen) atoms. The van der Waals surface area contributed by atoms with Gasteiger partial charge >= 0.3 is 12.1 Å². The Morgan fingerprint density at radius 1 is 1.12 bits per heavy atom. The Morgan fingerprint density at radius 2 is 1.67 bits per heavy atom. The molecule has 0 aromatic rings. The molecule has 8 nitrogen and oxygen atoms in total. The van der Waals surface area contributed by atoms with Crippen molar-refractivity contribution in [1.29, 1.82) is 0 Å². The van der Waals surface area contributed by atoms with Crippen LogP contribution in [-0.4, -0.2) is 52.4 Å². The predicted molar refractivity (Wildman–Crippen MR) is 76.0 cm³/mol. The number of halogens is 3. The Balaban J connectivity index is 4.93. The van der Waals surface area contributed by atoms with Crippen molar-refractivity contribution in [3.8, 4) is 0 Å². The van der Waals surface area contributed by atoms with E-state index in [2.05, 4.69) is 0 Å². The number of hydrogen-bond acceptors (Lipinski definition) is 5. The zero-order chi connectivity index (χ0) is 19.1. The molecule has 0 bridgehead atoms. The van der Waals surface area contributed by atoms with Crippen LogP contribution in [0, 0.1) is 5.92 Å². The smallest absolute Gasteiger partial charge is 0.404 e. The van der Waals surface area contributed by atoms with Gasteiger partial charge in [0.05, 0.1) is 12.5 Å². The van der Waals surface area contributed by atoms with Gasteiger partial charge in [-0.3, -0.25) is 20.1 Å². The van der Waals surface area contributed by atoms with Crippen molar-refractivity contribution < 1.29 is 37.9 Å². The van der Waals surface area contributed by atoms with Gasteiger partial charge in [0.15, 0.2) is 0 Å². The van der Waals surface area contributed by atoms with Crippen molar-refractivity contribution in [3.05, 3.63) is 0 Å². The van der Waals surface area contributed by atoms with Gasteiger partial charge in [-0.05, 0) is 19.3 Å². The Hall–Kier alpha value is -1.88. The molecule has 0 spiro atoms. The van der Waals surface area contributed by atoms with E-state index in [9.17, 15) is 27.6 Å². The van der Waals surface area contributed by atoms with E-state index in [1.54, 1.807) is 13.8 Å². The second-order valence-electron chi connectivity index (χ2n) is 5.75. The molecule has 0 fully saturated rings. The Morgan fingerprint density at radius 3 is 2.04 bits per heavy atom. The summed E-state index contributed by atoms with van der Waals surface area (Å²) >= 11 is 0. The number of amides is 2. The van der Waals surface area contributed by atoms with Gasteiger partial charge in [0.25, 0.3) is 5.91 Å². The first-order valence-corrected chi connectivity index (χ1v) is 7.17. The van der Waals surface area contributed by atoms with Crippen molar-refractivity contribution in [2.75, 3.05) is 0 Å². The predicted octanol–water partition coefficient (Wildman–Crippen LogP) is 0.406. The standard InChI is InChI=1S/C13H22F3N3O5/c1-6(2)4-8(12(22)23)18-10(20)5-9(13(14,15)16)17-7(3)11(21)19-24/h6-9,17,24H,4-5H2,1-3H3,(H,18,20)(H,19,21)(H,22,23)/t7-,8-,9-/m0/s1. The topological polar surface area (TPSA) is 128 Å². The minimum absolute atomic E-state index is 0.0640. The highest BCUT2D eigenvalue weighted by Crippen LogP contribution is 2.23. The minimum Gasteiger partial charge on any atom is -0.480 e. The summed E-state index contributed by atoms with van der Waals surface area (Å²) in [7, 11) is 0. The molecule has 0 aliphatic carbocycles. The number of aliphatic carboxylic acids is 1. The maximum absolute atomic E-state index is 13.0. The van der Waals surface area contributed by atoms with E-state index in [-0.39, 0.29) is 12.3 Å². The Kier molecular flexibility index (Phi) is 8.69. The molecular weight excluding hydrogens is 335 g/mol.